The smallest absolute Gasteiger partial charge is 0.287 e. The van der Waals surface area contributed by atoms with Crippen molar-refractivity contribution in [3.05, 3.63) is 38.9 Å². The standard InChI is InChI=1S/C8H6ClNO3/c9-7-5-6(3-4-11)1-2-8(7)10(12)13/h1-2,4-5H,3H2. The molecule has 0 unspecified atom stereocenters. The molecule has 0 atom stereocenters. The molecule has 0 aliphatic rings. The van der Waals surface area contributed by atoms with Gasteiger partial charge in [-0.15, -0.1) is 0 Å². The molecule has 0 aliphatic heterocycles. The lowest BCUT2D eigenvalue weighted by molar-refractivity contribution is -0.384. The maximum atomic E-state index is 10.3. The van der Waals surface area contributed by atoms with Crippen LogP contribution in [0.25, 0.3) is 0 Å². The highest BCUT2D eigenvalue weighted by molar-refractivity contribution is 6.32. The molecule has 4 nitrogen and oxygen atoms in total. The van der Waals surface area contributed by atoms with Gasteiger partial charge in [0.05, 0.1) is 4.92 Å². The second kappa shape index (κ2) is 4.00. The van der Waals surface area contributed by atoms with Crippen molar-refractivity contribution in [1.82, 2.24) is 0 Å². The normalized spacial score (nSPS) is 9.62. The summed E-state index contributed by atoms with van der Waals surface area (Å²) in [6.07, 6.45) is 0.940. The largest absolute Gasteiger partial charge is 0.303 e. The lowest BCUT2D eigenvalue weighted by atomic mass is 10.1. The summed E-state index contributed by atoms with van der Waals surface area (Å²) in [5.74, 6) is 0. The van der Waals surface area contributed by atoms with E-state index in [2.05, 4.69) is 0 Å². The second-order valence-corrected chi connectivity index (χ2v) is 2.82. The van der Waals surface area contributed by atoms with E-state index in [1.54, 1.807) is 0 Å². The number of hydrogen-bond acceptors (Lipinski definition) is 3. The molecule has 0 N–H and O–H groups in total. The van der Waals surface area contributed by atoms with Gasteiger partial charge >= 0.3 is 0 Å². The van der Waals surface area contributed by atoms with Gasteiger partial charge in [-0.2, -0.15) is 0 Å². The molecule has 0 radical (unpaired) electrons. The number of nitro groups is 1. The van der Waals surface area contributed by atoms with E-state index in [-0.39, 0.29) is 17.1 Å². The molecule has 0 aliphatic carbocycles. The van der Waals surface area contributed by atoms with Crippen molar-refractivity contribution in [3.63, 3.8) is 0 Å². The first-order valence-electron chi connectivity index (χ1n) is 3.51. The van der Waals surface area contributed by atoms with Crippen LogP contribution in [0.3, 0.4) is 0 Å². The number of benzene rings is 1. The summed E-state index contributed by atoms with van der Waals surface area (Å²) in [4.78, 5) is 19.9. The van der Waals surface area contributed by atoms with Gasteiger partial charge in [-0.25, -0.2) is 0 Å². The molecule has 0 fully saturated rings. The maximum absolute atomic E-state index is 10.3. The van der Waals surface area contributed by atoms with Crippen LogP contribution in [-0.4, -0.2) is 11.2 Å². The van der Waals surface area contributed by atoms with Crippen LogP contribution in [0.1, 0.15) is 5.56 Å². The number of nitrogens with zero attached hydrogens (tertiary/aromatic N) is 1. The third-order valence-corrected chi connectivity index (χ3v) is 1.83. The van der Waals surface area contributed by atoms with Crippen LogP contribution >= 0.6 is 11.6 Å². The van der Waals surface area contributed by atoms with Gasteiger partial charge in [-0.05, 0) is 11.6 Å². The molecule has 0 saturated carbocycles. The highest BCUT2D eigenvalue weighted by Gasteiger charge is 2.11. The average Bonchev–Trinajstić information content (AvgIpc) is 2.04. The summed E-state index contributed by atoms with van der Waals surface area (Å²) in [6, 6.07) is 4.23. The molecule has 5 heteroatoms. The fourth-order valence-corrected chi connectivity index (χ4v) is 1.19. The molecule has 0 aromatic heterocycles. The third kappa shape index (κ3) is 2.26. The highest BCUT2D eigenvalue weighted by Crippen LogP contribution is 2.24. The van der Waals surface area contributed by atoms with Crippen molar-refractivity contribution in [2.75, 3.05) is 0 Å². The summed E-state index contributed by atoms with van der Waals surface area (Å²) in [5, 5.41) is 10.4. The van der Waals surface area contributed by atoms with Crippen molar-refractivity contribution < 1.29 is 9.72 Å². The Bertz CT molecular complexity index is 351. The second-order valence-electron chi connectivity index (χ2n) is 2.41. The van der Waals surface area contributed by atoms with E-state index in [9.17, 15) is 14.9 Å². The first kappa shape index (κ1) is 9.67. The Balaban J connectivity index is 3.05. The van der Waals surface area contributed by atoms with Crippen molar-refractivity contribution in [1.29, 1.82) is 0 Å². The molecule has 0 heterocycles. The summed E-state index contributed by atoms with van der Waals surface area (Å²) in [7, 11) is 0. The van der Waals surface area contributed by atoms with Crippen LogP contribution in [0.15, 0.2) is 18.2 Å². The van der Waals surface area contributed by atoms with E-state index in [0.29, 0.717) is 5.56 Å². The monoisotopic (exact) mass is 199 g/mol. The average molecular weight is 200 g/mol. The zero-order valence-electron chi connectivity index (χ0n) is 6.57. The van der Waals surface area contributed by atoms with E-state index in [4.69, 9.17) is 11.6 Å². The molecule has 0 saturated heterocycles. The number of carbonyl (C=O) groups is 1. The summed E-state index contributed by atoms with van der Waals surface area (Å²) >= 11 is 5.60. The van der Waals surface area contributed by atoms with Crippen molar-refractivity contribution in [3.8, 4) is 0 Å². The van der Waals surface area contributed by atoms with Crippen molar-refractivity contribution >= 4 is 23.6 Å². The molecule has 68 valence electrons. The molecule has 0 bridgehead atoms. The quantitative estimate of drug-likeness (QED) is 0.425. The van der Waals surface area contributed by atoms with Gasteiger partial charge < -0.3 is 4.79 Å². The van der Waals surface area contributed by atoms with Gasteiger partial charge in [-0.1, -0.05) is 17.7 Å². The Morgan fingerprint density at radius 1 is 1.54 bits per heavy atom. The van der Waals surface area contributed by atoms with Gasteiger partial charge in [0.25, 0.3) is 5.69 Å². The molecular weight excluding hydrogens is 194 g/mol. The fourth-order valence-electron chi connectivity index (χ4n) is 0.922. The predicted molar refractivity (Wildman–Crippen MR) is 47.9 cm³/mol. The van der Waals surface area contributed by atoms with Gasteiger partial charge in [0.2, 0.25) is 0 Å². The van der Waals surface area contributed by atoms with Crippen LogP contribution < -0.4 is 0 Å². The Kier molecular flexibility index (Phi) is 2.97. The summed E-state index contributed by atoms with van der Waals surface area (Å²) in [6.45, 7) is 0. The van der Waals surface area contributed by atoms with E-state index >= 15 is 0 Å². The van der Waals surface area contributed by atoms with Crippen LogP contribution in [0.2, 0.25) is 5.02 Å². The van der Waals surface area contributed by atoms with Crippen LogP contribution in [-0.2, 0) is 11.2 Å². The van der Waals surface area contributed by atoms with E-state index < -0.39 is 4.92 Å². The molecule has 0 amide bonds. The lowest BCUT2D eigenvalue weighted by Gasteiger charge is -1.97. The zero-order chi connectivity index (χ0) is 9.84. The minimum Gasteiger partial charge on any atom is -0.303 e. The molecule has 1 aromatic carbocycles. The molecule has 13 heavy (non-hydrogen) atoms. The van der Waals surface area contributed by atoms with Crippen LogP contribution in [0.5, 0.6) is 0 Å². The molecular formula is C8H6ClNO3. The van der Waals surface area contributed by atoms with Crippen LogP contribution in [0, 0.1) is 10.1 Å². The van der Waals surface area contributed by atoms with Gasteiger partial charge in [0.15, 0.2) is 0 Å². The van der Waals surface area contributed by atoms with Gasteiger partial charge in [0, 0.05) is 12.5 Å². The summed E-state index contributed by atoms with van der Waals surface area (Å²) < 4.78 is 0. The number of aldehydes is 1. The maximum Gasteiger partial charge on any atom is 0.287 e. The van der Waals surface area contributed by atoms with Crippen molar-refractivity contribution in [2.45, 2.75) is 6.42 Å². The molecule has 0 spiro atoms. The zero-order valence-corrected chi connectivity index (χ0v) is 7.32. The Hall–Kier alpha value is -1.42. The topological polar surface area (TPSA) is 60.2 Å². The molecule has 1 aromatic rings. The Morgan fingerprint density at radius 3 is 2.69 bits per heavy atom. The number of carbonyl (C=O) groups excluding carboxylic acids is 1. The fraction of sp³-hybridized carbons (Fsp3) is 0.125. The number of hydrogen-bond donors (Lipinski definition) is 0. The van der Waals surface area contributed by atoms with Gasteiger partial charge in [-0.3, -0.25) is 10.1 Å². The van der Waals surface area contributed by atoms with E-state index in [1.807, 2.05) is 0 Å². The number of rotatable bonds is 3. The van der Waals surface area contributed by atoms with E-state index in [1.165, 1.54) is 18.2 Å². The van der Waals surface area contributed by atoms with Crippen LogP contribution in [0.4, 0.5) is 5.69 Å². The van der Waals surface area contributed by atoms with Crippen molar-refractivity contribution in [2.24, 2.45) is 0 Å². The van der Waals surface area contributed by atoms with E-state index in [0.717, 1.165) is 6.29 Å². The first-order valence-corrected chi connectivity index (χ1v) is 3.89. The highest BCUT2D eigenvalue weighted by atomic mass is 35.5. The minimum atomic E-state index is -0.562. The third-order valence-electron chi connectivity index (χ3n) is 1.53. The van der Waals surface area contributed by atoms with Gasteiger partial charge in [0.1, 0.15) is 11.3 Å². The minimum absolute atomic E-state index is 0.0596. The number of halogens is 1. The lowest BCUT2D eigenvalue weighted by Crippen LogP contribution is -1.91. The Morgan fingerprint density at radius 2 is 2.23 bits per heavy atom. The molecule has 1 rings (SSSR count). The summed E-state index contributed by atoms with van der Waals surface area (Å²) in [5.41, 5.74) is 0.530. The SMILES string of the molecule is O=CCc1ccc([N+](=O)[O-])c(Cl)c1. The Labute approximate surface area is 79.3 Å². The first-order chi connectivity index (χ1) is 6.15. The predicted octanol–water partition coefficient (Wildman–Crippen LogP) is 1.99. The number of nitro benzene ring substituents is 1.